The van der Waals surface area contributed by atoms with Crippen molar-refractivity contribution in [1.82, 2.24) is 19.8 Å². The molecule has 104 valence electrons. The highest BCUT2D eigenvalue weighted by atomic mass is 32.1. The summed E-state index contributed by atoms with van der Waals surface area (Å²) in [5.74, 6) is 1.77. The summed E-state index contributed by atoms with van der Waals surface area (Å²) in [6.07, 6.45) is 1.93. The number of rotatable bonds is 5. The number of aryl methyl sites for hydroxylation is 2. The molecular weight excluding hydrogens is 272 g/mol. The van der Waals surface area contributed by atoms with Crippen molar-refractivity contribution >= 4 is 16.3 Å². The molecule has 0 bridgehead atoms. The Hall–Kier alpha value is -1.95. The van der Waals surface area contributed by atoms with Crippen molar-refractivity contribution in [1.29, 1.82) is 0 Å². The van der Waals surface area contributed by atoms with E-state index < -0.39 is 0 Å². The Morgan fingerprint density at radius 2 is 2.00 bits per heavy atom. The van der Waals surface area contributed by atoms with Gasteiger partial charge in [-0.25, -0.2) is 0 Å². The van der Waals surface area contributed by atoms with Gasteiger partial charge >= 0.3 is 0 Å². The molecule has 20 heavy (non-hydrogen) atoms. The molecule has 6 heteroatoms. The number of benzene rings is 1. The van der Waals surface area contributed by atoms with E-state index in [-0.39, 0.29) is 0 Å². The first kappa shape index (κ1) is 13.1. The standard InChI is InChI=1S/C14H16N4OS/c1-3-4-12-15-16-14-18(12)17-13(20-14)9-19-11-7-5-10(2)6-8-11/h5-8H,3-4,9H2,1-2H3. The molecule has 3 rings (SSSR count). The summed E-state index contributed by atoms with van der Waals surface area (Å²) in [5, 5.41) is 13.7. The smallest absolute Gasteiger partial charge is 0.234 e. The van der Waals surface area contributed by atoms with Crippen molar-refractivity contribution in [2.24, 2.45) is 0 Å². The van der Waals surface area contributed by atoms with Crippen molar-refractivity contribution in [3.05, 3.63) is 40.7 Å². The van der Waals surface area contributed by atoms with Gasteiger partial charge in [0.1, 0.15) is 12.4 Å². The molecule has 0 radical (unpaired) electrons. The van der Waals surface area contributed by atoms with Crippen molar-refractivity contribution in [3.63, 3.8) is 0 Å². The fourth-order valence-electron chi connectivity index (χ4n) is 1.91. The maximum Gasteiger partial charge on any atom is 0.234 e. The second-order valence-electron chi connectivity index (χ2n) is 4.66. The number of fused-ring (bicyclic) bond motifs is 1. The number of nitrogens with zero attached hydrogens (tertiary/aromatic N) is 4. The largest absolute Gasteiger partial charge is 0.486 e. The molecule has 1 aromatic carbocycles. The molecule has 2 heterocycles. The van der Waals surface area contributed by atoms with Crippen molar-refractivity contribution < 1.29 is 4.74 Å². The summed E-state index contributed by atoms with van der Waals surface area (Å²) in [7, 11) is 0. The zero-order valence-electron chi connectivity index (χ0n) is 11.5. The van der Waals surface area contributed by atoms with Crippen molar-refractivity contribution in [2.45, 2.75) is 33.3 Å². The SMILES string of the molecule is CCCc1nnc2sc(COc3ccc(C)cc3)nn12. The molecule has 0 amide bonds. The highest BCUT2D eigenvalue weighted by Crippen LogP contribution is 2.18. The van der Waals surface area contributed by atoms with Gasteiger partial charge in [-0.1, -0.05) is 36.0 Å². The molecule has 0 saturated carbocycles. The molecule has 0 unspecified atom stereocenters. The van der Waals surface area contributed by atoms with Crippen LogP contribution in [0.4, 0.5) is 0 Å². The number of ether oxygens (including phenoxy) is 1. The fraction of sp³-hybridized carbons (Fsp3) is 0.357. The molecule has 2 aromatic heterocycles. The normalized spacial score (nSPS) is 11.1. The highest BCUT2D eigenvalue weighted by Gasteiger charge is 2.11. The van der Waals surface area contributed by atoms with Gasteiger partial charge in [0, 0.05) is 6.42 Å². The van der Waals surface area contributed by atoms with Crippen LogP contribution in [0.15, 0.2) is 24.3 Å². The first-order valence-electron chi connectivity index (χ1n) is 6.65. The Morgan fingerprint density at radius 1 is 1.20 bits per heavy atom. The van der Waals surface area contributed by atoms with Crippen LogP contribution >= 0.6 is 11.3 Å². The predicted octanol–water partition coefficient (Wildman–Crippen LogP) is 3.03. The van der Waals surface area contributed by atoms with E-state index in [1.54, 1.807) is 0 Å². The summed E-state index contributed by atoms with van der Waals surface area (Å²) in [5.41, 5.74) is 1.22. The summed E-state index contributed by atoms with van der Waals surface area (Å²) >= 11 is 1.52. The van der Waals surface area contributed by atoms with Crippen LogP contribution < -0.4 is 4.74 Å². The molecule has 0 aliphatic heterocycles. The van der Waals surface area contributed by atoms with Gasteiger partial charge in [-0.05, 0) is 25.5 Å². The average molecular weight is 288 g/mol. The lowest BCUT2D eigenvalue weighted by Gasteiger charge is -2.03. The van der Waals surface area contributed by atoms with E-state index in [9.17, 15) is 0 Å². The monoisotopic (exact) mass is 288 g/mol. The molecule has 0 spiro atoms. The molecular formula is C14H16N4OS. The highest BCUT2D eigenvalue weighted by molar-refractivity contribution is 7.16. The Balaban J connectivity index is 1.72. The third-order valence-electron chi connectivity index (χ3n) is 2.95. The summed E-state index contributed by atoms with van der Waals surface area (Å²) in [4.78, 5) is 0.830. The lowest BCUT2D eigenvalue weighted by Crippen LogP contribution is -1.99. The number of hydrogen-bond acceptors (Lipinski definition) is 5. The van der Waals surface area contributed by atoms with Crippen molar-refractivity contribution in [3.8, 4) is 5.75 Å². The zero-order valence-corrected chi connectivity index (χ0v) is 12.4. The zero-order chi connectivity index (χ0) is 13.9. The van der Waals surface area contributed by atoms with E-state index in [4.69, 9.17) is 4.74 Å². The molecule has 0 aliphatic rings. The van der Waals surface area contributed by atoms with Crippen LogP contribution in [0.2, 0.25) is 0 Å². The van der Waals surface area contributed by atoms with E-state index in [1.807, 2.05) is 28.8 Å². The first-order valence-corrected chi connectivity index (χ1v) is 7.47. The Bertz CT molecular complexity index is 702. The van der Waals surface area contributed by atoms with Gasteiger partial charge in [-0.3, -0.25) is 0 Å². The topological polar surface area (TPSA) is 52.3 Å². The van der Waals surface area contributed by atoms with E-state index in [0.717, 1.165) is 34.4 Å². The molecule has 0 N–H and O–H groups in total. The van der Waals surface area contributed by atoms with E-state index >= 15 is 0 Å². The lowest BCUT2D eigenvalue weighted by atomic mass is 10.2. The third-order valence-corrected chi connectivity index (χ3v) is 3.83. The van der Waals surface area contributed by atoms with Crippen molar-refractivity contribution in [2.75, 3.05) is 0 Å². The second-order valence-corrected chi connectivity index (χ2v) is 5.70. The lowest BCUT2D eigenvalue weighted by molar-refractivity contribution is 0.304. The molecule has 3 aromatic rings. The molecule has 0 aliphatic carbocycles. The second kappa shape index (κ2) is 5.58. The van der Waals surface area contributed by atoms with Crippen LogP contribution in [0.5, 0.6) is 5.75 Å². The summed E-state index contributed by atoms with van der Waals surface area (Å²) in [6.45, 7) is 4.64. The summed E-state index contributed by atoms with van der Waals surface area (Å²) in [6, 6.07) is 8.01. The predicted molar refractivity (Wildman–Crippen MR) is 78.2 cm³/mol. The molecule has 0 atom stereocenters. The van der Waals surface area contributed by atoms with Crippen LogP contribution in [-0.2, 0) is 13.0 Å². The van der Waals surface area contributed by atoms with Gasteiger partial charge < -0.3 is 4.74 Å². The minimum absolute atomic E-state index is 0.461. The molecule has 5 nitrogen and oxygen atoms in total. The van der Waals surface area contributed by atoms with Crippen LogP contribution in [0.3, 0.4) is 0 Å². The minimum atomic E-state index is 0.461. The van der Waals surface area contributed by atoms with Gasteiger partial charge in [0.05, 0.1) is 0 Å². The number of hydrogen-bond donors (Lipinski definition) is 0. The van der Waals surface area contributed by atoms with E-state index in [1.165, 1.54) is 16.9 Å². The van der Waals surface area contributed by atoms with E-state index in [0.29, 0.717) is 6.61 Å². The van der Waals surface area contributed by atoms with Crippen LogP contribution in [0.1, 0.15) is 29.7 Å². The van der Waals surface area contributed by atoms with Crippen LogP contribution in [-0.4, -0.2) is 19.8 Å². The Morgan fingerprint density at radius 3 is 2.75 bits per heavy atom. The van der Waals surface area contributed by atoms with Gasteiger partial charge in [-0.15, -0.1) is 10.2 Å². The van der Waals surface area contributed by atoms with Gasteiger partial charge in [0.25, 0.3) is 0 Å². The van der Waals surface area contributed by atoms with Gasteiger partial charge in [0.2, 0.25) is 4.96 Å². The van der Waals surface area contributed by atoms with Gasteiger partial charge in [0.15, 0.2) is 10.8 Å². The summed E-state index contributed by atoms with van der Waals surface area (Å²) < 4.78 is 7.55. The maximum absolute atomic E-state index is 5.73. The Labute approximate surface area is 121 Å². The quantitative estimate of drug-likeness (QED) is 0.724. The van der Waals surface area contributed by atoms with Gasteiger partial charge in [-0.2, -0.15) is 9.61 Å². The minimum Gasteiger partial charge on any atom is -0.486 e. The molecule has 0 fully saturated rings. The van der Waals surface area contributed by atoms with Crippen LogP contribution in [0.25, 0.3) is 4.96 Å². The average Bonchev–Trinajstić information content (AvgIpc) is 3.00. The maximum atomic E-state index is 5.73. The van der Waals surface area contributed by atoms with E-state index in [2.05, 4.69) is 29.1 Å². The first-order chi connectivity index (χ1) is 9.76. The Kier molecular flexibility index (Phi) is 3.64. The fourth-order valence-corrected chi connectivity index (χ4v) is 2.68. The third kappa shape index (κ3) is 2.65. The number of aromatic nitrogens is 4. The molecule has 0 saturated heterocycles. The van der Waals surface area contributed by atoms with Crippen LogP contribution in [0, 0.1) is 6.92 Å².